The molecule has 1 amide bonds. The number of thioether (sulfide) groups is 1. The molecule has 8 heteroatoms. The first-order valence-corrected chi connectivity index (χ1v) is 7.98. The van der Waals surface area contributed by atoms with Crippen LogP contribution in [0.2, 0.25) is 0 Å². The Kier molecular flexibility index (Phi) is 8.30. The van der Waals surface area contributed by atoms with Crippen LogP contribution < -0.4 is 5.32 Å². The highest BCUT2D eigenvalue weighted by molar-refractivity contribution is 8.71. The van der Waals surface area contributed by atoms with Crippen molar-refractivity contribution in [2.24, 2.45) is 0 Å². The van der Waals surface area contributed by atoms with Crippen LogP contribution >= 0.6 is 22.6 Å². The molecule has 0 rings (SSSR count). The van der Waals surface area contributed by atoms with Crippen molar-refractivity contribution in [2.45, 2.75) is 13.0 Å². The molecule has 0 heterocycles. The summed E-state index contributed by atoms with van der Waals surface area (Å²) in [6.07, 6.45) is 1.47. The molecule has 15 heavy (non-hydrogen) atoms. The lowest BCUT2D eigenvalue weighted by Crippen LogP contribution is -2.40. The van der Waals surface area contributed by atoms with Gasteiger partial charge in [-0.15, -0.1) is 0 Å². The quantitative estimate of drug-likeness (QED) is 0.570. The van der Waals surface area contributed by atoms with E-state index in [1.807, 2.05) is 0 Å². The van der Waals surface area contributed by atoms with Crippen LogP contribution in [0, 0.1) is 0 Å². The minimum atomic E-state index is -1.11. The number of amides is 1. The van der Waals surface area contributed by atoms with Gasteiger partial charge in [0.2, 0.25) is 11.0 Å². The molecule has 0 saturated carbocycles. The highest BCUT2D eigenvalue weighted by atomic mass is 33.1. The van der Waals surface area contributed by atoms with E-state index < -0.39 is 27.4 Å². The highest BCUT2D eigenvalue weighted by Gasteiger charge is 2.22. The van der Waals surface area contributed by atoms with Crippen molar-refractivity contribution < 1.29 is 18.5 Å². The van der Waals surface area contributed by atoms with Gasteiger partial charge in [-0.1, -0.05) is 11.8 Å². The van der Waals surface area contributed by atoms with Crippen molar-refractivity contribution in [1.29, 1.82) is 0 Å². The zero-order valence-electron chi connectivity index (χ0n) is 8.32. The van der Waals surface area contributed by atoms with Crippen molar-refractivity contribution in [3.05, 3.63) is 0 Å². The van der Waals surface area contributed by atoms with Crippen LogP contribution in [-0.4, -0.2) is 39.6 Å². The van der Waals surface area contributed by atoms with Crippen LogP contribution in [-0.2, 0) is 19.8 Å². The number of nitrogens with one attached hydrogen (secondary N) is 1. The van der Waals surface area contributed by atoms with E-state index in [-0.39, 0.29) is 11.7 Å². The summed E-state index contributed by atoms with van der Waals surface area (Å²) < 4.78 is 22.7. The van der Waals surface area contributed by atoms with E-state index in [2.05, 4.69) is 5.32 Å². The van der Waals surface area contributed by atoms with Gasteiger partial charge in [0.25, 0.3) is 0 Å². The lowest BCUT2D eigenvalue weighted by atomic mass is 10.4. The Bertz CT molecular complexity index is 228. The monoisotopic (exact) mass is 273 g/mol. The Morgan fingerprint density at radius 2 is 2.20 bits per heavy atom. The topological polar surface area (TPSA) is 69.2 Å². The molecule has 0 aromatic carbocycles. The minimum Gasteiger partial charge on any atom is -0.605 e. The number of carbonyl (C=O) groups excluding carboxylic acids is 2. The molecule has 0 fully saturated rings. The SMILES string of the molecule is CC(=O)NC(CS[S+](C)[O-])C(=O)SCF. The lowest BCUT2D eigenvalue weighted by molar-refractivity contribution is -0.122. The molecule has 0 spiro atoms. The summed E-state index contributed by atoms with van der Waals surface area (Å²) in [7, 11) is -0.0749. The van der Waals surface area contributed by atoms with E-state index in [1.165, 1.54) is 13.2 Å². The minimum absolute atomic E-state index is 0.189. The normalized spacial score (nSPS) is 14.4. The summed E-state index contributed by atoms with van der Waals surface area (Å²) in [6, 6.07) is -1.61. The van der Waals surface area contributed by atoms with Gasteiger partial charge in [-0.3, -0.25) is 9.59 Å². The summed E-state index contributed by atoms with van der Waals surface area (Å²) in [5.74, 6) is -0.176. The van der Waals surface area contributed by atoms with Gasteiger partial charge in [0, 0.05) is 17.1 Å². The van der Waals surface area contributed by atoms with Gasteiger partial charge in [-0.2, -0.15) is 0 Å². The number of halogens is 1. The molecule has 2 unspecified atom stereocenters. The molecule has 0 aromatic rings. The second-order valence-corrected chi connectivity index (χ2v) is 6.91. The average molecular weight is 273 g/mol. The smallest absolute Gasteiger partial charge is 0.217 e. The number of rotatable bonds is 6. The first-order chi connectivity index (χ1) is 6.97. The Morgan fingerprint density at radius 1 is 1.60 bits per heavy atom. The van der Waals surface area contributed by atoms with Gasteiger partial charge >= 0.3 is 0 Å². The molecule has 2 atom stereocenters. The average Bonchev–Trinajstić information content (AvgIpc) is 2.11. The fourth-order valence-electron chi connectivity index (χ4n) is 0.732. The largest absolute Gasteiger partial charge is 0.605 e. The second kappa shape index (κ2) is 8.26. The number of carbonyl (C=O) groups is 2. The highest BCUT2D eigenvalue weighted by Crippen LogP contribution is 2.15. The van der Waals surface area contributed by atoms with Crippen LogP contribution in [0.5, 0.6) is 0 Å². The Hall–Kier alpha value is 0.0800. The third-order valence-electron chi connectivity index (χ3n) is 1.26. The van der Waals surface area contributed by atoms with Crippen molar-refractivity contribution >= 4 is 43.8 Å². The molecular formula is C7H12FNO3S3. The van der Waals surface area contributed by atoms with E-state index in [4.69, 9.17) is 0 Å². The van der Waals surface area contributed by atoms with Crippen LogP contribution in [0.1, 0.15) is 6.92 Å². The second-order valence-electron chi connectivity index (χ2n) is 2.51. The summed E-state index contributed by atoms with van der Waals surface area (Å²) >= 11 is 0.500. The zero-order chi connectivity index (χ0) is 11.8. The predicted molar refractivity (Wildman–Crippen MR) is 62.7 cm³/mol. The van der Waals surface area contributed by atoms with Crippen molar-refractivity contribution in [2.75, 3.05) is 18.0 Å². The molecule has 0 saturated heterocycles. The standard InChI is InChI=1S/C7H12FNO3S3/c1-5(10)9-6(3-14-15(2)12)7(11)13-4-8/h6H,3-4H2,1-2H3,(H,9,10). The fraction of sp³-hybridized carbons (Fsp3) is 0.714. The Labute approximate surface area is 98.7 Å². The number of hydrogen-bond acceptors (Lipinski definition) is 5. The van der Waals surface area contributed by atoms with Crippen molar-refractivity contribution in [3.63, 3.8) is 0 Å². The van der Waals surface area contributed by atoms with Gasteiger partial charge in [-0.05, 0) is 0 Å². The number of hydrogen-bond donors (Lipinski definition) is 1. The van der Waals surface area contributed by atoms with Crippen LogP contribution in [0.25, 0.3) is 0 Å². The van der Waals surface area contributed by atoms with Crippen LogP contribution in [0.15, 0.2) is 0 Å². The van der Waals surface area contributed by atoms with E-state index in [1.54, 1.807) is 0 Å². The third-order valence-corrected chi connectivity index (χ3v) is 4.14. The molecule has 0 radical (unpaired) electrons. The maximum Gasteiger partial charge on any atom is 0.217 e. The van der Waals surface area contributed by atoms with E-state index >= 15 is 0 Å². The molecule has 0 bridgehead atoms. The maximum atomic E-state index is 11.9. The van der Waals surface area contributed by atoms with Gasteiger partial charge in [0.05, 0.1) is 16.5 Å². The first kappa shape index (κ1) is 15.1. The summed E-state index contributed by atoms with van der Waals surface area (Å²) in [6.45, 7) is 1.27. The molecule has 88 valence electrons. The Morgan fingerprint density at radius 3 is 2.60 bits per heavy atom. The summed E-state index contributed by atoms with van der Waals surface area (Å²) in [5.41, 5.74) is 0. The zero-order valence-corrected chi connectivity index (χ0v) is 10.8. The van der Waals surface area contributed by atoms with Gasteiger partial charge in [-0.25, -0.2) is 4.39 Å². The molecule has 0 aliphatic rings. The predicted octanol–water partition coefficient (Wildman–Crippen LogP) is 0.705. The van der Waals surface area contributed by atoms with E-state index in [9.17, 15) is 18.5 Å². The molecule has 0 aromatic heterocycles. The van der Waals surface area contributed by atoms with Gasteiger partial charge in [0.1, 0.15) is 18.3 Å². The van der Waals surface area contributed by atoms with E-state index in [0.717, 1.165) is 10.8 Å². The Balaban J connectivity index is 4.17. The van der Waals surface area contributed by atoms with E-state index in [0.29, 0.717) is 11.8 Å². The molecular weight excluding hydrogens is 261 g/mol. The third kappa shape index (κ3) is 7.95. The number of alkyl halides is 1. The van der Waals surface area contributed by atoms with Crippen LogP contribution in [0.3, 0.4) is 0 Å². The summed E-state index contributed by atoms with van der Waals surface area (Å²) in [5, 5.41) is 1.94. The summed E-state index contributed by atoms with van der Waals surface area (Å²) in [4.78, 5) is 22.0. The van der Waals surface area contributed by atoms with Crippen LogP contribution in [0.4, 0.5) is 4.39 Å². The lowest BCUT2D eigenvalue weighted by Gasteiger charge is -2.14. The molecule has 0 aliphatic carbocycles. The van der Waals surface area contributed by atoms with Crippen molar-refractivity contribution in [1.82, 2.24) is 5.32 Å². The van der Waals surface area contributed by atoms with Crippen molar-refractivity contribution in [3.8, 4) is 0 Å². The maximum absolute atomic E-state index is 11.9. The molecule has 0 aliphatic heterocycles. The van der Waals surface area contributed by atoms with Gasteiger partial charge in [0.15, 0.2) is 0 Å². The molecule has 4 nitrogen and oxygen atoms in total. The fourth-order valence-corrected chi connectivity index (χ4v) is 2.83. The van der Waals surface area contributed by atoms with Gasteiger partial charge < -0.3 is 9.87 Å². The molecule has 1 N–H and O–H groups in total. The first-order valence-electron chi connectivity index (χ1n) is 3.93.